The van der Waals surface area contributed by atoms with E-state index in [1.54, 1.807) is 12.1 Å². The number of anilines is 1. The van der Waals surface area contributed by atoms with Crippen LogP contribution in [0.3, 0.4) is 0 Å². The number of halogens is 2. The SMILES string of the molecule is Cc1ccc(C(=O)N2CC(C)CC(C)C2)cc1NC(=O)CCc1ncc(-c2ccc(F)cc2F)o1. The van der Waals surface area contributed by atoms with Gasteiger partial charge in [0.1, 0.15) is 11.6 Å². The second-order valence-corrected chi connectivity index (χ2v) is 9.48. The van der Waals surface area contributed by atoms with E-state index < -0.39 is 11.6 Å². The number of rotatable bonds is 6. The lowest BCUT2D eigenvalue weighted by Crippen LogP contribution is -2.42. The number of oxazole rings is 1. The summed E-state index contributed by atoms with van der Waals surface area (Å²) in [5.74, 6) is -0.350. The second kappa shape index (κ2) is 10.4. The highest BCUT2D eigenvalue weighted by atomic mass is 19.1. The molecule has 0 spiro atoms. The number of likely N-dealkylation sites (tertiary alicyclic amines) is 1. The van der Waals surface area contributed by atoms with Gasteiger partial charge in [0.15, 0.2) is 11.7 Å². The Hall–Kier alpha value is -3.55. The van der Waals surface area contributed by atoms with E-state index in [9.17, 15) is 18.4 Å². The molecule has 1 fully saturated rings. The van der Waals surface area contributed by atoms with Gasteiger partial charge in [0.25, 0.3) is 5.91 Å². The van der Waals surface area contributed by atoms with Crippen LogP contribution in [0.1, 0.15) is 48.5 Å². The van der Waals surface area contributed by atoms with Crippen molar-refractivity contribution in [1.82, 2.24) is 9.88 Å². The lowest BCUT2D eigenvalue weighted by atomic mass is 9.91. The Balaban J connectivity index is 1.38. The van der Waals surface area contributed by atoms with E-state index in [0.29, 0.717) is 23.1 Å². The summed E-state index contributed by atoms with van der Waals surface area (Å²) < 4.78 is 32.6. The Kier molecular flexibility index (Phi) is 7.28. The third-order valence-corrected chi connectivity index (χ3v) is 6.23. The summed E-state index contributed by atoms with van der Waals surface area (Å²) >= 11 is 0. The topological polar surface area (TPSA) is 75.4 Å². The lowest BCUT2D eigenvalue weighted by Gasteiger charge is -2.35. The second-order valence-electron chi connectivity index (χ2n) is 9.48. The first-order chi connectivity index (χ1) is 16.7. The van der Waals surface area contributed by atoms with E-state index in [-0.39, 0.29) is 41.9 Å². The molecule has 0 radical (unpaired) electrons. The highest BCUT2D eigenvalue weighted by Gasteiger charge is 2.26. The van der Waals surface area contributed by atoms with Gasteiger partial charge < -0.3 is 14.6 Å². The summed E-state index contributed by atoms with van der Waals surface area (Å²) in [6.45, 7) is 7.65. The third kappa shape index (κ3) is 5.93. The number of hydrogen-bond donors (Lipinski definition) is 1. The van der Waals surface area contributed by atoms with E-state index in [0.717, 1.165) is 37.2 Å². The summed E-state index contributed by atoms with van der Waals surface area (Å²) in [6.07, 6.45) is 2.76. The van der Waals surface area contributed by atoms with Crippen LogP contribution < -0.4 is 5.32 Å². The molecule has 2 unspecified atom stereocenters. The lowest BCUT2D eigenvalue weighted by molar-refractivity contribution is -0.116. The minimum Gasteiger partial charge on any atom is -0.441 e. The van der Waals surface area contributed by atoms with Gasteiger partial charge in [0, 0.05) is 43.2 Å². The number of nitrogens with one attached hydrogen (secondary N) is 1. The van der Waals surface area contributed by atoms with E-state index in [1.165, 1.54) is 12.3 Å². The van der Waals surface area contributed by atoms with Crippen LogP contribution in [0, 0.1) is 30.4 Å². The Morgan fingerprint density at radius 2 is 1.86 bits per heavy atom. The average molecular weight is 482 g/mol. The van der Waals surface area contributed by atoms with Crippen molar-refractivity contribution in [3.8, 4) is 11.3 Å². The minimum atomic E-state index is -0.746. The summed E-state index contributed by atoms with van der Waals surface area (Å²) in [6, 6.07) is 8.54. The van der Waals surface area contributed by atoms with Gasteiger partial charge in [-0.25, -0.2) is 13.8 Å². The summed E-state index contributed by atoms with van der Waals surface area (Å²) in [7, 11) is 0. The maximum absolute atomic E-state index is 14.0. The van der Waals surface area contributed by atoms with Gasteiger partial charge in [-0.3, -0.25) is 9.59 Å². The summed E-state index contributed by atoms with van der Waals surface area (Å²) in [4.78, 5) is 31.6. The molecule has 3 aromatic rings. The van der Waals surface area contributed by atoms with E-state index in [4.69, 9.17) is 4.42 Å². The molecular formula is C27H29F2N3O3. The number of piperidine rings is 1. The molecule has 6 nitrogen and oxygen atoms in total. The highest BCUT2D eigenvalue weighted by Crippen LogP contribution is 2.26. The first kappa shape index (κ1) is 24.6. The molecule has 0 bridgehead atoms. The van der Waals surface area contributed by atoms with Crippen LogP contribution in [0.25, 0.3) is 11.3 Å². The predicted octanol–water partition coefficient (Wildman–Crippen LogP) is 5.62. The fourth-order valence-electron chi connectivity index (χ4n) is 4.57. The fourth-order valence-corrected chi connectivity index (χ4v) is 4.57. The summed E-state index contributed by atoms with van der Waals surface area (Å²) in [5, 5.41) is 2.87. The number of nitrogens with zero attached hydrogens (tertiary/aromatic N) is 2. The zero-order valence-corrected chi connectivity index (χ0v) is 20.1. The van der Waals surface area contributed by atoms with Crippen LogP contribution in [0.5, 0.6) is 0 Å². The van der Waals surface area contributed by atoms with Gasteiger partial charge in [-0.2, -0.15) is 0 Å². The van der Waals surface area contributed by atoms with Gasteiger partial charge in [0.05, 0.1) is 11.8 Å². The van der Waals surface area contributed by atoms with Crippen molar-refractivity contribution in [2.75, 3.05) is 18.4 Å². The average Bonchev–Trinajstić information content (AvgIpc) is 3.27. The van der Waals surface area contributed by atoms with Crippen molar-refractivity contribution in [1.29, 1.82) is 0 Å². The maximum atomic E-state index is 14.0. The molecule has 1 N–H and O–H groups in total. The Bertz CT molecular complexity index is 1230. The smallest absolute Gasteiger partial charge is 0.253 e. The van der Waals surface area contributed by atoms with Crippen molar-refractivity contribution in [3.63, 3.8) is 0 Å². The van der Waals surface area contributed by atoms with Gasteiger partial charge in [0.2, 0.25) is 5.91 Å². The van der Waals surface area contributed by atoms with Gasteiger partial charge in [-0.05, 0) is 55.0 Å². The molecule has 2 aromatic carbocycles. The molecule has 2 atom stereocenters. The van der Waals surface area contributed by atoms with Crippen molar-refractivity contribution in [2.45, 2.75) is 40.0 Å². The standard InChI is InChI=1S/C27H29F2N3O3/c1-16-10-17(2)15-32(14-16)27(34)19-5-4-18(3)23(11-19)31-25(33)8-9-26-30-13-24(35-26)21-7-6-20(28)12-22(21)29/h4-7,11-13,16-17H,8-10,14-15H2,1-3H3,(H,31,33). The Labute approximate surface area is 203 Å². The van der Waals surface area contributed by atoms with Crippen molar-refractivity contribution >= 4 is 17.5 Å². The molecule has 0 aliphatic carbocycles. The molecule has 1 saturated heterocycles. The number of aryl methyl sites for hydroxylation is 2. The first-order valence-corrected chi connectivity index (χ1v) is 11.8. The zero-order valence-electron chi connectivity index (χ0n) is 20.1. The molecule has 1 aliphatic heterocycles. The molecule has 8 heteroatoms. The molecule has 1 aliphatic rings. The van der Waals surface area contributed by atoms with Crippen LogP contribution in [-0.2, 0) is 11.2 Å². The van der Waals surface area contributed by atoms with Gasteiger partial charge in [-0.15, -0.1) is 0 Å². The molecule has 184 valence electrons. The molecule has 4 rings (SSSR count). The van der Waals surface area contributed by atoms with Crippen LogP contribution in [-0.4, -0.2) is 34.8 Å². The summed E-state index contributed by atoms with van der Waals surface area (Å²) in [5.41, 5.74) is 2.08. The number of aromatic nitrogens is 1. The van der Waals surface area contributed by atoms with Crippen LogP contribution in [0.4, 0.5) is 14.5 Å². The molecule has 35 heavy (non-hydrogen) atoms. The van der Waals surface area contributed by atoms with Crippen LogP contribution in [0.15, 0.2) is 47.0 Å². The zero-order chi connectivity index (χ0) is 25.1. The van der Waals surface area contributed by atoms with E-state index in [2.05, 4.69) is 24.1 Å². The van der Waals surface area contributed by atoms with Crippen molar-refractivity contribution in [2.24, 2.45) is 11.8 Å². The molecule has 2 amide bonds. The number of carbonyl (C=O) groups excluding carboxylic acids is 2. The first-order valence-electron chi connectivity index (χ1n) is 11.8. The Morgan fingerprint density at radius 1 is 1.11 bits per heavy atom. The number of carbonyl (C=O) groups is 2. The maximum Gasteiger partial charge on any atom is 0.253 e. The normalized spacial score (nSPS) is 17.9. The monoisotopic (exact) mass is 481 g/mol. The van der Waals surface area contributed by atoms with Crippen molar-refractivity contribution < 1.29 is 22.8 Å². The van der Waals surface area contributed by atoms with Gasteiger partial charge >= 0.3 is 0 Å². The van der Waals surface area contributed by atoms with Crippen molar-refractivity contribution in [3.05, 3.63) is 71.2 Å². The number of hydrogen-bond acceptors (Lipinski definition) is 4. The van der Waals surface area contributed by atoms with Crippen LogP contribution >= 0.6 is 0 Å². The quantitative estimate of drug-likeness (QED) is 0.496. The van der Waals surface area contributed by atoms with E-state index in [1.807, 2.05) is 17.9 Å². The predicted molar refractivity (Wildman–Crippen MR) is 129 cm³/mol. The largest absolute Gasteiger partial charge is 0.441 e. The fraction of sp³-hybridized carbons (Fsp3) is 0.370. The molecule has 2 heterocycles. The highest BCUT2D eigenvalue weighted by molar-refractivity contribution is 5.97. The number of benzene rings is 2. The van der Waals surface area contributed by atoms with Crippen LogP contribution in [0.2, 0.25) is 0 Å². The Morgan fingerprint density at radius 3 is 2.57 bits per heavy atom. The third-order valence-electron chi connectivity index (χ3n) is 6.23. The molecule has 1 aromatic heterocycles. The van der Waals surface area contributed by atoms with E-state index >= 15 is 0 Å². The molecular weight excluding hydrogens is 452 g/mol. The van der Waals surface area contributed by atoms with Gasteiger partial charge in [-0.1, -0.05) is 19.9 Å². The molecule has 0 saturated carbocycles. The minimum absolute atomic E-state index is 0.0285. The number of amides is 2.